The van der Waals surface area contributed by atoms with Crippen LogP contribution in [-0.4, -0.2) is 18.4 Å². The lowest BCUT2D eigenvalue weighted by Gasteiger charge is -2.08. The Bertz CT molecular complexity index is 608. The highest BCUT2D eigenvalue weighted by Gasteiger charge is 2.06. The second-order valence-electron chi connectivity index (χ2n) is 4.40. The van der Waals surface area contributed by atoms with Crippen molar-refractivity contribution in [1.29, 1.82) is 0 Å². The predicted molar refractivity (Wildman–Crippen MR) is 84.8 cm³/mol. The molecule has 1 N–H and O–H groups in total. The highest BCUT2D eigenvalue weighted by Crippen LogP contribution is 2.28. The van der Waals surface area contributed by atoms with E-state index in [2.05, 4.69) is 20.9 Å². The molecule has 3 nitrogen and oxygen atoms in total. The number of phenols is 1. The average molecular weight is 334 g/mol. The van der Waals surface area contributed by atoms with Gasteiger partial charge >= 0.3 is 0 Å². The van der Waals surface area contributed by atoms with Gasteiger partial charge in [0.2, 0.25) is 0 Å². The van der Waals surface area contributed by atoms with Crippen LogP contribution in [0.25, 0.3) is 0 Å². The van der Waals surface area contributed by atoms with Crippen molar-refractivity contribution in [2.24, 2.45) is 4.99 Å². The van der Waals surface area contributed by atoms with Gasteiger partial charge in [-0.1, -0.05) is 34.1 Å². The number of hydrogen-bond donors (Lipinski definition) is 1. The molecule has 0 unspecified atom stereocenters. The van der Waals surface area contributed by atoms with Crippen molar-refractivity contribution in [2.45, 2.75) is 13.0 Å². The summed E-state index contributed by atoms with van der Waals surface area (Å²) in [6, 6.07) is 13.4. The van der Waals surface area contributed by atoms with Crippen LogP contribution in [0, 0.1) is 0 Å². The van der Waals surface area contributed by atoms with Gasteiger partial charge in [-0.05, 0) is 36.8 Å². The van der Waals surface area contributed by atoms with Gasteiger partial charge in [-0.15, -0.1) is 0 Å². The van der Waals surface area contributed by atoms with E-state index < -0.39 is 0 Å². The molecule has 0 radical (unpaired) electrons. The lowest BCUT2D eigenvalue weighted by molar-refractivity contribution is 0.373. The van der Waals surface area contributed by atoms with Gasteiger partial charge in [0.05, 0.1) is 13.2 Å². The van der Waals surface area contributed by atoms with Crippen LogP contribution in [0.15, 0.2) is 51.9 Å². The SMILES string of the molecule is COc1cccc(C=N[C@@H](C)c2ccc(Br)cc2)c1O. The summed E-state index contributed by atoms with van der Waals surface area (Å²) in [4.78, 5) is 4.47. The van der Waals surface area contributed by atoms with Gasteiger partial charge in [0.15, 0.2) is 11.5 Å². The molecule has 4 heteroatoms. The third kappa shape index (κ3) is 3.39. The van der Waals surface area contributed by atoms with Crippen molar-refractivity contribution < 1.29 is 9.84 Å². The molecular weight excluding hydrogens is 318 g/mol. The normalized spacial score (nSPS) is 12.6. The second-order valence-corrected chi connectivity index (χ2v) is 5.32. The number of aromatic hydroxyl groups is 1. The number of benzene rings is 2. The maximum Gasteiger partial charge on any atom is 0.166 e. The van der Waals surface area contributed by atoms with Crippen molar-refractivity contribution in [2.75, 3.05) is 7.11 Å². The summed E-state index contributed by atoms with van der Waals surface area (Å²) in [6.45, 7) is 2.01. The van der Waals surface area contributed by atoms with Gasteiger partial charge in [-0.3, -0.25) is 4.99 Å². The Morgan fingerprint density at radius 3 is 2.55 bits per heavy atom. The van der Waals surface area contributed by atoms with Crippen molar-refractivity contribution in [1.82, 2.24) is 0 Å². The summed E-state index contributed by atoms with van der Waals surface area (Å²) >= 11 is 3.41. The molecule has 0 aliphatic carbocycles. The first kappa shape index (κ1) is 14.6. The van der Waals surface area contributed by atoms with Crippen LogP contribution in [0.5, 0.6) is 11.5 Å². The fraction of sp³-hybridized carbons (Fsp3) is 0.188. The minimum absolute atomic E-state index is 0.0219. The van der Waals surface area contributed by atoms with Gasteiger partial charge in [-0.25, -0.2) is 0 Å². The fourth-order valence-electron chi connectivity index (χ4n) is 1.83. The number of ether oxygens (including phenoxy) is 1. The Morgan fingerprint density at radius 1 is 1.20 bits per heavy atom. The second kappa shape index (κ2) is 6.57. The molecule has 0 heterocycles. The molecule has 0 amide bonds. The molecule has 20 heavy (non-hydrogen) atoms. The van der Waals surface area contributed by atoms with E-state index in [0.29, 0.717) is 11.3 Å². The van der Waals surface area contributed by atoms with E-state index in [1.54, 1.807) is 18.3 Å². The molecule has 0 saturated carbocycles. The Balaban J connectivity index is 2.19. The maximum atomic E-state index is 9.99. The number of nitrogens with zero attached hydrogens (tertiary/aromatic N) is 1. The van der Waals surface area contributed by atoms with Crippen molar-refractivity contribution in [3.8, 4) is 11.5 Å². The van der Waals surface area contributed by atoms with E-state index in [9.17, 15) is 5.11 Å². The highest BCUT2D eigenvalue weighted by atomic mass is 79.9. The monoisotopic (exact) mass is 333 g/mol. The number of rotatable bonds is 4. The molecule has 0 aromatic heterocycles. The number of methoxy groups -OCH3 is 1. The van der Waals surface area contributed by atoms with Crippen LogP contribution in [0.1, 0.15) is 24.1 Å². The van der Waals surface area contributed by atoms with E-state index in [1.165, 1.54) is 7.11 Å². The highest BCUT2D eigenvalue weighted by molar-refractivity contribution is 9.10. The van der Waals surface area contributed by atoms with E-state index in [-0.39, 0.29) is 11.8 Å². The van der Waals surface area contributed by atoms with Crippen LogP contribution in [0.3, 0.4) is 0 Å². The molecule has 0 aliphatic rings. The zero-order chi connectivity index (χ0) is 14.5. The first-order valence-electron chi connectivity index (χ1n) is 6.26. The minimum Gasteiger partial charge on any atom is -0.504 e. The number of hydrogen-bond acceptors (Lipinski definition) is 3. The van der Waals surface area contributed by atoms with Crippen LogP contribution in [0.2, 0.25) is 0 Å². The van der Waals surface area contributed by atoms with Crippen LogP contribution in [-0.2, 0) is 0 Å². The van der Waals surface area contributed by atoms with Crippen LogP contribution < -0.4 is 4.74 Å². The summed E-state index contributed by atoms with van der Waals surface area (Å²) < 4.78 is 6.12. The number of phenolic OH excluding ortho intramolecular Hbond substituents is 1. The van der Waals surface area contributed by atoms with E-state index >= 15 is 0 Å². The van der Waals surface area contributed by atoms with Crippen molar-refractivity contribution >= 4 is 22.1 Å². The summed E-state index contributed by atoms with van der Waals surface area (Å²) in [5.41, 5.74) is 1.76. The van der Waals surface area contributed by atoms with Crippen molar-refractivity contribution in [3.63, 3.8) is 0 Å². The quantitative estimate of drug-likeness (QED) is 0.845. The van der Waals surface area contributed by atoms with E-state index in [1.807, 2.05) is 37.3 Å². The smallest absolute Gasteiger partial charge is 0.166 e. The zero-order valence-corrected chi connectivity index (χ0v) is 13.0. The molecule has 2 aromatic carbocycles. The molecule has 0 saturated heterocycles. The molecule has 0 spiro atoms. The maximum absolute atomic E-state index is 9.99. The molecule has 2 aromatic rings. The molecule has 1 atom stereocenters. The Kier molecular flexibility index (Phi) is 4.79. The average Bonchev–Trinajstić information content (AvgIpc) is 2.46. The molecular formula is C16H16BrNO2. The van der Waals surface area contributed by atoms with Gasteiger partial charge in [0, 0.05) is 16.3 Å². The lowest BCUT2D eigenvalue weighted by atomic mass is 10.1. The van der Waals surface area contributed by atoms with E-state index in [0.717, 1.165) is 10.0 Å². The number of para-hydroxylation sites is 1. The Hall–Kier alpha value is -1.81. The molecule has 0 bridgehead atoms. The third-order valence-corrected chi connectivity index (χ3v) is 3.57. The lowest BCUT2D eigenvalue weighted by Crippen LogP contribution is -1.92. The fourth-order valence-corrected chi connectivity index (χ4v) is 2.09. The summed E-state index contributed by atoms with van der Waals surface area (Å²) in [6.07, 6.45) is 1.67. The standard InChI is InChI=1S/C16H16BrNO2/c1-11(12-6-8-14(17)9-7-12)18-10-13-4-3-5-15(20-2)16(13)19/h3-11,19H,1-2H3/t11-/m0/s1. The summed E-state index contributed by atoms with van der Waals surface area (Å²) in [5.74, 6) is 0.562. The predicted octanol–water partition coefficient (Wildman–Crippen LogP) is 4.34. The van der Waals surface area contributed by atoms with Crippen LogP contribution >= 0.6 is 15.9 Å². The molecule has 2 rings (SSSR count). The Morgan fingerprint density at radius 2 is 1.90 bits per heavy atom. The molecule has 0 aliphatic heterocycles. The Labute approximate surface area is 127 Å². The largest absolute Gasteiger partial charge is 0.504 e. The van der Waals surface area contributed by atoms with Gasteiger partial charge in [0.25, 0.3) is 0 Å². The zero-order valence-electron chi connectivity index (χ0n) is 11.4. The van der Waals surface area contributed by atoms with Crippen LogP contribution in [0.4, 0.5) is 0 Å². The van der Waals surface area contributed by atoms with E-state index in [4.69, 9.17) is 4.74 Å². The number of halogens is 1. The molecule has 0 fully saturated rings. The number of aliphatic imine (C=N–C) groups is 1. The first-order valence-corrected chi connectivity index (χ1v) is 7.05. The van der Waals surface area contributed by atoms with Gasteiger partial charge < -0.3 is 9.84 Å². The van der Waals surface area contributed by atoms with Gasteiger partial charge in [-0.2, -0.15) is 0 Å². The van der Waals surface area contributed by atoms with Crippen molar-refractivity contribution in [3.05, 3.63) is 58.1 Å². The summed E-state index contributed by atoms with van der Waals surface area (Å²) in [5, 5.41) is 9.99. The first-order chi connectivity index (χ1) is 9.61. The minimum atomic E-state index is 0.0219. The molecule has 104 valence electrons. The summed E-state index contributed by atoms with van der Waals surface area (Å²) in [7, 11) is 1.53. The third-order valence-electron chi connectivity index (χ3n) is 3.04. The van der Waals surface area contributed by atoms with Gasteiger partial charge in [0.1, 0.15) is 0 Å². The topological polar surface area (TPSA) is 41.8 Å².